The van der Waals surface area contributed by atoms with Crippen molar-refractivity contribution in [3.8, 4) is 5.75 Å². The van der Waals surface area contributed by atoms with Gasteiger partial charge in [-0.05, 0) is 36.2 Å². The number of carbonyl (C=O) groups excluding carboxylic acids is 2. The number of ether oxygens (including phenoxy) is 1. The van der Waals surface area contributed by atoms with Gasteiger partial charge in [-0.3, -0.25) is 9.59 Å². The van der Waals surface area contributed by atoms with Gasteiger partial charge in [-0.15, -0.1) is 0 Å². The molecule has 0 aromatic heterocycles. The molecule has 3 rings (SSSR count). The van der Waals surface area contributed by atoms with E-state index < -0.39 is 0 Å². The predicted octanol–water partition coefficient (Wildman–Crippen LogP) is 3.14. The van der Waals surface area contributed by atoms with Gasteiger partial charge < -0.3 is 15.0 Å². The molecule has 2 aromatic carbocycles. The summed E-state index contributed by atoms with van der Waals surface area (Å²) in [4.78, 5) is 25.8. The van der Waals surface area contributed by atoms with E-state index in [9.17, 15) is 14.0 Å². The molecule has 0 unspecified atom stereocenters. The lowest BCUT2D eigenvalue weighted by molar-refractivity contribution is -0.121. The van der Waals surface area contributed by atoms with Gasteiger partial charge in [0, 0.05) is 18.3 Å². The number of halogens is 1. The van der Waals surface area contributed by atoms with E-state index in [4.69, 9.17) is 4.74 Å². The van der Waals surface area contributed by atoms with Gasteiger partial charge in [-0.2, -0.15) is 0 Å². The van der Waals surface area contributed by atoms with E-state index >= 15 is 0 Å². The van der Waals surface area contributed by atoms with Crippen molar-refractivity contribution in [1.82, 2.24) is 0 Å². The number of rotatable bonds is 5. The molecule has 6 heteroatoms. The van der Waals surface area contributed by atoms with Crippen LogP contribution in [-0.4, -0.2) is 25.0 Å². The van der Waals surface area contributed by atoms with Crippen LogP contribution in [0, 0.1) is 5.82 Å². The normalized spacial score (nSPS) is 13.2. The molecule has 0 aliphatic carbocycles. The fraction of sp³-hybridized carbons (Fsp3) is 0.263. The SMILES string of the molecule is CCCN1C(=O)COc2cc(NC(=O)Cc3ccc(F)cc3)ccc21. The zero-order valence-corrected chi connectivity index (χ0v) is 13.9. The fourth-order valence-electron chi connectivity index (χ4n) is 2.74. The van der Waals surface area contributed by atoms with Crippen molar-refractivity contribution < 1.29 is 18.7 Å². The molecule has 0 spiro atoms. The van der Waals surface area contributed by atoms with E-state index in [-0.39, 0.29) is 30.7 Å². The van der Waals surface area contributed by atoms with Crippen LogP contribution in [0.2, 0.25) is 0 Å². The molecule has 2 amide bonds. The summed E-state index contributed by atoms with van der Waals surface area (Å²) in [5.41, 5.74) is 2.04. The zero-order chi connectivity index (χ0) is 17.8. The first-order valence-electron chi connectivity index (χ1n) is 8.18. The predicted molar refractivity (Wildman–Crippen MR) is 93.3 cm³/mol. The van der Waals surface area contributed by atoms with Gasteiger partial charge in [0.1, 0.15) is 11.6 Å². The zero-order valence-electron chi connectivity index (χ0n) is 13.9. The van der Waals surface area contributed by atoms with Crippen LogP contribution in [0.15, 0.2) is 42.5 Å². The topological polar surface area (TPSA) is 58.6 Å². The van der Waals surface area contributed by atoms with Crippen molar-refractivity contribution >= 4 is 23.2 Å². The van der Waals surface area contributed by atoms with Crippen LogP contribution in [0.25, 0.3) is 0 Å². The molecule has 1 heterocycles. The number of amides is 2. The maximum absolute atomic E-state index is 12.9. The molecule has 1 aliphatic rings. The lowest BCUT2D eigenvalue weighted by Crippen LogP contribution is -2.39. The highest BCUT2D eigenvalue weighted by Crippen LogP contribution is 2.34. The molecular formula is C19H19FN2O3. The van der Waals surface area contributed by atoms with Crippen LogP contribution in [-0.2, 0) is 16.0 Å². The van der Waals surface area contributed by atoms with Crippen molar-refractivity contribution in [3.05, 3.63) is 53.8 Å². The Kier molecular flexibility index (Phi) is 4.97. The van der Waals surface area contributed by atoms with E-state index in [1.54, 1.807) is 35.2 Å². The molecule has 0 atom stereocenters. The highest BCUT2D eigenvalue weighted by molar-refractivity contribution is 5.99. The summed E-state index contributed by atoms with van der Waals surface area (Å²) in [7, 11) is 0. The van der Waals surface area contributed by atoms with Crippen LogP contribution in [0.3, 0.4) is 0 Å². The molecule has 0 radical (unpaired) electrons. The molecule has 0 saturated heterocycles. The van der Waals surface area contributed by atoms with Crippen molar-refractivity contribution in [3.63, 3.8) is 0 Å². The molecular weight excluding hydrogens is 323 g/mol. The first-order chi connectivity index (χ1) is 12.1. The quantitative estimate of drug-likeness (QED) is 0.908. The number of benzene rings is 2. The van der Waals surface area contributed by atoms with E-state index in [1.165, 1.54) is 12.1 Å². The highest BCUT2D eigenvalue weighted by Gasteiger charge is 2.25. The second kappa shape index (κ2) is 7.34. The molecule has 5 nitrogen and oxygen atoms in total. The van der Waals surface area contributed by atoms with Crippen LogP contribution in [0.4, 0.5) is 15.8 Å². The fourth-order valence-corrected chi connectivity index (χ4v) is 2.74. The third-order valence-corrected chi connectivity index (χ3v) is 3.91. The number of hydrogen-bond acceptors (Lipinski definition) is 3. The van der Waals surface area contributed by atoms with E-state index in [0.717, 1.165) is 17.7 Å². The summed E-state index contributed by atoms with van der Waals surface area (Å²) in [5, 5.41) is 2.80. The largest absolute Gasteiger partial charge is 0.481 e. The number of nitrogens with one attached hydrogen (secondary N) is 1. The van der Waals surface area contributed by atoms with Crippen molar-refractivity contribution in [2.45, 2.75) is 19.8 Å². The van der Waals surface area contributed by atoms with Gasteiger partial charge in [0.2, 0.25) is 5.91 Å². The maximum atomic E-state index is 12.9. The van der Waals surface area contributed by atoms with Crippen LogP contribution >= 0.6 is 0 Å². The molecule has 0 saturated carbocycles. The number of anilines is 2. The molecule has 0 bridgehead atoms. The number of fused-ring (bicyclic) bond motifs is 1. The van der Waals surface area contributed by atoms with E-state index in [0.29, 0.717) is 18.0 Å². The summed E-state index contributed by atoms with van der Waals surface area (Å²) in [5.74, 6) is -0.0267. The van der Waals surface area contributed by atoms with Crippen molar-refractivity contribution in [2.75, 3.05) is 23.4 Å². The smallest absolute Gasteiger partial charge is 0.265 e. The van der Waals surface area contributed by atoms with Gasteiger partial charge in [0.15, 0.2) is 6.61 Å². The van der Waals surface area contributed by atoms with Crippen LogP contribution in [0.1, 0.15) is 18.9 Å². The van der Waals surface area contributed by atoms with Gasteiger partial charge in [0.05, 0.1) is 12.1 Å². The first-order valence-corrected chi connectivity index (χ1v) is 8.18. The monoisotopic (exact) mass is 342 g/mol. The Morgan fingerprint density at radius 2 is 2.00 bits per heavy atom. The van der Waals surface area contributed by atoms with Gasteiger partial charge >= 0.3 is 0 Å². The molecule has 25 heavy (non-hydrogen) atoms. The summed E-state index contributed by atoms with van der Waals surface area (Å²) < 4.78 is 18.4. The number of carbonyl (C=O) groups is 2. The lowest BCUT2D eigenvalue weighted by atomic mass is 10.1. The Hall–Kier alpha value is -2.89. The maximum Gasteiger partial charge on any atom is 0.265 e. The van der Waals surface area contributed by atoms with E-state index in [2.05, 4.69) is 5.32 Å². The summed E-state index contributed by atoms with van der Waals surface area (Å²) in [6.07, 6.45) is 1.00. The minimum absolute atomic E-state index is 0.0000206. The third kappa shape index (κ3) is 3.96. The summed E-state index contributed by atoms with van der Waals surface area (Å²) in [6.45, 7) is 2.64. The Bertz CT molecular complexity index is 790. The van der Waals surface area contributed by atoms with Crippen molar-refractivity contribution in [1.29, 1.82) is 0 Å². The Labute approximate surface area is 145 Å². The summed E-state index contributed by atoms with van der Waals surface area (Å²) >= 11 is 0. The standard InChI is InChI=1S/C19H19FN2O3/c1-2-9-22-16-8-7-15(11-17(16)25-12-19(22)24)21-18(23)10-13-3-5-14(20)6-4-13/h3-8,11H,2,9-10,12H2,1H3,(H,21,23). The van der Waals surface area contributed by atoms with Crippen LogP contribution < -0.4 is 15.0 Å². The minimum atomic E-state index is -0.331. The molecule has 0 fully saturated rings. The Morgan fingerprint density at radius 3 is 2.72 bits per heavy atom. The molecule has 2 aromatic rings. The second-order valence-corrected chi connectivity index (χ2v) is 5.87. The second-order valence-electron chi connectivity index (χ2n) is 5.87. The third-order valence-electron chi connectivity index (χ3n) is 3.91. The van der Waals surface area contributed by atoms with Gasteiger partial charge in [-0.1, -0.05) is 19.1 Å². The van der Waals surface area contributed by atoms with Gasteiger partial charge in [0.25, 0.3) is 5.91 Å². The van der Waals surface area contributed by atoms with E-state index in [1.807, 2.05) is 6.92 Å². The highest BCUT2D eigenvalue weighted by atomic mass is 19.1. The summed E-state index contributed by atoms with van der Waals surface area (Å²) in [6, 6.07) is 11.1. The number of nitrogens with zero attached hydrogens (tertiary/aromatic N) is 1. The lowest BCUT2D eigenvalue weighted by Gasteiger charge is -2.29. The number of hydrogen-bond donors (Lipinski definition) is 1. The minimum Gasteiger partial charge on any atom is -0.481 e. The average molecular weight is 342 g/mol. The molecule has 130 valence electrons. The molecule has 1 aliphatic heterocycles. The average Bonchev–Trinajstić information content (AvgIpc) is 2.59. The molecule has 1 N–H and O–H groups in total. The Balaban J connectivity index is 1.70. The van der Waals surface area contributed by atoms with Crippen molar-refractivity contribution in [2.24, 2.45) is 0 Å². The first kappa shape index (κ1) is 17.0. The van der Waals surface area contributed by atoms with Crippen LogP contribution in [0.5, 0.6) is 5.75 Å². The van der Waals surface area contributed by atoms with Gasteiger partial charge in [-0.25, -0.2) is 4.39 Å². The Morgan fingerprint density at radius 1 is 1.24 bits per heavy atom.